The highest BCUT2D eigenvalue weighted by molar-refractivity contribution is 7.84. The average Bonchev–Trinajstić information content (AvgIpc) is 3.24. The zero-order chi connectivity index (χ0) is 23.8. The normalized spacial score (nSPS) is 21.4. The number of halogens is 1. The third-order valence-corrected chi connectivity index (χ3v) is 6.84. The third-order valence-electron chi connectivity index (χ3n) is 5.91. The fraction of sp³-hybridized carbons (Fsp3) is 0.346. The minimum absolute atomic E-state index is 0.143. The predicted octanol–water partition coefficient (Wildman–Crippen LogP) is 4.55. The van der Waals surface area contributed by atoms with E-state index in [0.29, 0.717) is 13.2 Å². The fourth-order valence-corrected chi connectivity index (χ4v) is 4.74. The van der Waals surface area contributed by atoms with Gasteiger partial charge in [0.25, 0.3) is 0 Å². The summed E-state index contributed by atoms with van der Waals surface area (Å²) in [5.74, 6) is -1.13. The molecule has 33 heavy (non-hydrogen) atoms. The lowest BCUT2D eigenvalue weighted by molar-refractivity contribution is -0.139. The number of hydrogen-bond acceptors (Lipinski definition) is 4. The van der Waals surface area contributed by atoms with Crippen LogP contribution in [0.25, 0.3) is 17.2 Å². The number of nitrogens with one attached hydrogen (secondary N) is 1. The second-order valence-corrected chi connectivity index (χ2v) is 10.2. The molecule has 4 rings (SSSR count). The molecule has 0 spiro atoms. The van der Waals surface area contributed by atoms with E-state index in [9.17, 15) is 13.4 Å². The van der Waals surface area contributed by atoms with Crippen molar-refractivity contribution in [1.29, 1.82) is 0 Å². The molecule has 2 aromatic rings. The van der Waals surface area contributed by atoms with E-state index < -0.39 is 16.6 Å². The predicted molar refractivity (Wildman–Crippen MR) is 128 cm³/mol. The first kappa shape index (κ1) is 23.5. The smallest absolute Gasteiger partial charge is 0.224 e. The molecule has 5 nitrogen and oxygen atoms in total. The van der Waals surface area contributed by atoms with Crippen molar-refractivity contribution < 1.29 is 22.9 Å². The van der Waals surface area contributed by atoms with Crippen LogP contribution in [0.5, 0.6) is 0 Å². The molecule has 0 radical (unpaired) electrons. The molecule has 1 amide bonds. The number of amides is 1. The van der Waals surface area contributed by atoms with Crippen molar-refractivity contribution in [2.24, 2.45) is 0 Å². The summed E-state index contributed by atoms with van der Waals surface area (Å²) in [6.07, 6.45) is 3.62. The van der Waals surface area contributed by atoms with E-state index in [-0.39, 0.29) is 24.2 Å². The molecule has 7 heteroatoms. The van der Waals surface area contributed by atoms with Gasteiger partial charge in [-0.2, -0.15) is 0 Å². The minimum atomic E-state index is -1.04. The van der Waals surface area contributed by atoms with Crippen molar-refractivity contribution in [3.8, 4) is 0 Å². The van der Waals surface area contributed by atoms with Crippen LogP contribution < -0.4 is 5.32 Å². The third kappa shape index (κ3) is 5.32. The van der Waals surface area contributed by atoms with E-state index in [2.05, 4.69) is 5.32 Å². The average molecular weight is 470 g/mol. The van der Waals surface area contributed by atoms with Gasteiger partial charge in [-0.3, -0.25) is 9.00 Å². The van der Waals surface area contributed by atoms with Crippen LogP contribution in [0.1, 0.15) is 43.9 Å². The van der Waals surface area contributed by atoms with Gasteiger partial charge in [0.05, 0.1) is 13.0 Å². The summed E-state index contributed by atoms with van der Waals surface area (Å²) in [7, 11) is -1.04. The van der Waals surface area contributed by atoms with Gasteiger partial charge in [0.2, 0.25) is 5.91 Å². The molecule has 1 aliphatic carbocycles. The van der Waals surface area contributed by atoms with Crippen LogP contribution in [0.4, 0.5) is 4.39 Å². The zero-order valence-corrected chi connectivity index (χ0v) is 20.1. The standard InChI is InChI=1S/C26H28FNO4S/c1-16-22(11-17-5-8-20(9-6-17)33(4)30)21-10-7-18(27)12-24(21)23(16)13-25(29)28-14-19-15-31-26(2,3)32-19/h5-12,19H,13-15H2,1-4H3,(H,28,29)/b22-11-. The van der Waals surface area contributed by atoms with E-state index in [1.807, 2.05) is 51.1 Å². The summed E-state index contributed by atoms with van der Waals surface area (Å²) in [6, 6.07) is 12.2. The monoisotopic (exact) mass is 469 g/mol. The van der Waals surface area contributed by atoms with Crippen molar-refractivity contribution in [2.75, 3.05) is 19.4 Å². The van der Waals surface area contributed by atoms with Gasteiger partial charge in [0, 0.05) is 28.5 Å². The molecule has 0 aromatic heterocycles. The van der Waals surface area contributed by atoms with Crippen molar-refractivity contribution in [3.05, 3.63) is 70.5 Å². The van der Waals surface area contributed by atoms with Gasteiger partial charge in [-0.25, -0.2) is 4.39 Å². The molecule has 2 aliphatic rings. The number of ether oxygens (including phenoxy) is 2. The highest BCUT2D eigenvalue weighted by Gasteiger charge is 2.33. The van der Waals surface area contributed by atoms with Crippen molar-refractivity contribution in [2.45, 2.75) is 44.0 Å². The molecule has 1 fully saturated rings. The maximum absolute atomic E-state index is 14.1. The number of benzene rings is 2. The van der Waals surface area contributed by atoms with E-state index >= 15 is 0 Å². The second kappa shape index (κ2) is 9.33. The largest absolute Gasteiger partial charge is 0.353 e. The second-order valence-electron chi connectivity index (χ2n) is 8.81. The Morgan fingerprint density at radius 1 is 1.21 bits per heavy atom. The molecular weight excluding hydrogens is 441 g/mol. The number of fused-ring (bicyclic) bond motifs is 1. The van der Waals surface area contributed by atoms with Gasteiger partial charge in [-0.05, 0) is 84.5 Å². The van der Waals surface area contributed by atoms with Crippen LogP contribution in [0.15, 0.2) is 52.9 Å². The minimum Gasteiger partial charge on any atom is -0.353 e. The van der Waals surface area contributed by atoms with E-state index in [0.717, 1.165) is 38.3 Å². The molecule has 1 heterocycles. The molecule has 1 aliphatic heterocycles. The van der Waals surface area contributed by atoms with Crippen molar-refractivity contribution in [1.82, 2.24) is 5.32 Å². The molecule has 174 valence electrons. The Labute approximate surface area is 196 Å². The maximum atomic E-state index is 14.1. The van der Waals surface area contributed by atoms with Gasteiger partial charge < -0.3 is 14.8 Å². The fourth-order valence-electron chi connectivity index (χ4n) is 4.22. The van der Waals surface area contributed by atoms with Gasteiger partial charge in [-0.1, -0.05) is 18.2 Å². The lowest BCUT2D eigenvalue weighted by atomic mass is 10.0. The summed E-state index contributed by atoms with van der Waals surface area (Å²) in [5.41, 5.74) is 5.28. The summed E-state index contributed by atoms with van der Waals surface area (Å²) in [4.78, 5) is 13.5. The summed E-state index contributed by atoms with van der Waals surface area (Å²) >= 11 is 0. The molecule has 1 saturated heterocycles. The van der Waals surface area contributed by atoms with Crippen LogP contribution in [0, 0.1) is 5.82 Å². The van der Waals surface area contributed by atoms with Crippen LogP contribution in [0.2, 0.25) is 0 Å². The Bertz CT molecular complexity index is 1170. The Kier molecular flexibility index (Phi) is 6.66. The lowest BCUT2D eigenvalue weighted by Crippen LogP contribution is -2.34. The first-order valence-electron chi connectivity index (χ1n) is 10.9. The molecular formula is C26H28FNO4S. The number of carbonyl (C=O) groups is 1. The quantitative estimate of drug-likeness (QED) is 0.674. The molecule has 0 bridgehead atoms. The first-order chi connectivity index (χ1) is 15.6. The van der Waals surface area contributed by atoms with Crippen LogP contribution in [-0.2, 0) is 25.1 Å². The Balaban J connectivity index is 1.56. The summed E-state index contributed by atoms with van der Waals surface area (Å²) in [6.45, 7) is 6.43. The number of rotatable bonds is 6. The Morgan fingerprint density at radius 3 is 2.58 bits per heavy atom. The number of allylic oxidation sites excluding steroid dienone is 2. The summed E-state index contributed by atoms with van der Waals surface area (Å²) < 4.78 is 37.0. The van der Waals surface area contributed by atoms with Crippen LogP contribution >= 0.6 is 0 Å². The lowest BCUT2D eigenvalue weighted by Gasteiger charge is -2.17. The van der Waals surface area contributed by atoms with E-state index in [4.69, 9.17) is 9.47 Å². The van der Waals surface area contributed by atoms with Crippen LogP contribution in [-0.4, -0.2) is 41.4 Å². The molecule has 1 N–H and O–H groups in total. The topological polar surface area (TPSA) is 64.6 Å². The maximum Gasteiger partial charge on any atom is 0.224 e. The van der Waals surface area contributed by atoms with Gasteiger partial charge in [-0.15, -0.1) is 0 Å². The zero-order valence-electron chi connectivity index (χ0n) is 19.2. The van der Waals surface area contributed by atoms with Gasteiger partial charge in [0.15, 0.2) is 5.79 Å². The number of carbonyl (C=O) groups excluding carboxylic acids is 1. The first-order valence-corrected chi connectivity index (χ1v) is 12.4. The Hall–Kier alpha value is -2.61. The van der Waals surface area contributed by atoms with E-state index in [1.54, 1.807) is 12.3 Å². The molecule has 2 aromatic carbocycles. The SMILES string of the molecule is CC1=C(CC(=O)NCC2COC(C)(C)O2)c2cc(F)ccc2/C1=C\c1ccc(S(C)=O)cc1. The molecule has 2 unspecified atom stereocenters. The van der Waals surface area contributed by atoms with Crippen molar-refractivity contribution >= 4 is 33.9 Å². The highest BCUT2D eigenvalue weighted by Crippen LogP contribution is 2.43. The van der Waals surface area contributed by atoms with Crippen LogP contribution in [0.3, 0.4) is 0 Å². The Morgan fingerprint density at radius 2 is 1.94 bits per heavy atom. The van der Waals surface area contributed by atoms with E-state index in [1.165, 1.54) is 12.1 Å². The number of hydrogen-bond donors (Lipinski definition) is 1. The van der Waals surface area contributed by atoms with Gasteiger partial charge >= 0.3 is 0 Å². The van der Waals surface area contributed by atoms with Crippen molar-refractivity contribution in [3.63, 3.8) is 0 Å². The summed E-state index contributed by atoms with van der Waals surface area (Å²) in [5, 5.41) is 2.92. The highest BCUT2D eigenvalue weighted by atomic mass is 32.2. The van der Waals surface area contributed by atoms with Gasteiger partial charge in [0.1, 0.15) is 11.9 Å². The molecule has 2 atom stereocenters. The molecule has 0 saturated carbocycles.